The highest BCUT2D eigenvalue weighted by Gasteiger charge is 2.10. The topological polar surface area (TPSA) is 49.8 Å². The molecule has 0 atom stereocenters. The van der Waals surface area contributed by atoms with Crippen LogP contribution in [0.15, 0.2) is 24.3 Å². The van der Waals surface area contributed by atoms with Crippen LogP contribution in [0, 0.1) is 0 Å². The minimum absolute atomic E-state index is 0.0193. The van der Waals surface area contributed by atoms with Gasteiger partial charge in [-0.3, -0.25) is 9.63 Å². The number of carbonyl (C=O) groups is 1. The molecular weight excluding hydrogens is 182 g/mol. The summed E-state index contributed by atoms with van der Waals surface area (Å²) in [5, 5.41) is 9.95. The summed E-state index contributed by atoms with van der Waals surface area (Å²) in [6, 6.07) is 6.72. The van der Waals surface area contributed by atoms with Crippen molar-refractivity contribution in [3.05, 3.63) is 35.4 Å². The van der Waals surface area contributed by atoms with E-state index in [0.29, 0.717) is 5.56 Å². The molecule has 0 saturated carbocycles. The standard InChI is InChI=1S/C10H13NO3/c1-11(14-2)10(13)9-5-3-8(7-12)4-6-9/h3-6,12H,7H2,1-2H3. The lowest BCUT2D eigenvalue weighted by Crippen LogP contribution is -2.25. The Hall–Kier alpha value is -1.39. The average molecular weight is 195 g/mol. The molecule has 1 aromatic carbocycles. The van der Waals surface area contributed by atoms with Crippen LogP contribution < -0.4 is 0 Å². The second-order valence-corrected chi connectivity index (χ2v) is 2.84. The summed E-state index contributed by atoms with van der Waals surface area (Å²) < 4.78 is 0. The molecule has 0 saturated heterocycles. The van der Waals surface area contributed by atoms with Gasteiger partial charge in [-0.1, -0.05) is 12.1 Å². The summed E-state index contributed by atoms with van der Waals surface area (Å²) in [6.07, 6.45) is 0. The summed E-state index contributed by atoms with van der Waals surface area (Å²) in [4.78, 5) is 16.3. The van der Waals surface area contributed by atoms with Crippen LogP contribution in [-0.4, -0.2) is 30.2 Å². The Morgan fingerprint density at radius 1 is 1.43 bits per heavy atom. The van der Waals surface area contributed by atoms with Crippen molar-refractivity contribution in [3.63, 3.8) is 0 Å². The predicted molar refractivity (Wildman–Crippen MR) is 51.5 cm³/mol. The minimum Gasteiger partial charge on any atom is -0.392 e. The second kappa shape index (κ2) is 4.74. The molecule has 1 rings (SSSR count). The van der Waals surface area contributed by atoms with Crippen molar-refractivity contribution in [2.75, 3.05) is 14.2 Å². The predicted octanol–water partition coefficient (Wildman–Crippen LogP) is 0.812. The number of amides is 1. The molecule has 0 aliphatic heterocycles. The van der Waals surface area contributed by atoms with Gasteiger partial charge in [-0.25, -0.2) is 5.06 Å². The summed E-state index contributed by atoms with van der Waals surface area (Å²) in [5.74, 6) is -0.211. The van der Waals surface area contributed by atoms with Gasteiger partial charge >= 0.3 is 0 Å². The Kier molecular flexibility index (Phi) is 3.62. The van der Waals surface area contributed by atoms with Crippen molar-refractivity contribution < 1.29 is 14.7 Å². The number of hydroxylamine groups is 2. The number of hydrogen-bond donors (Lipinski definition) is 1. The maximum atomic E-state index is 11.5. The zero-order chi connectivity index (χ0) is 10.6. The SMILES string of the molecule is CON(C)C(=O)c1ccc(CO)cc1. The largest absolute Gasteiger partial charge is 0.392 e. The fraction of sp³-hybridized carbons (Fsp3) is 0.300. The van der Waals surface area contributed by atoms with Crippen LogP contribution in [0.25, 0.3) is 0 Å². The number of nitrogens with zero attached hydrogens (tertiary/aromatic N) is 1. The van der Waals surface area contributed by atoms with Gasteiger partial charge in [0.1, 0.15) is 0 Å². The Labute approximate surface area is 82.7 Å². The van der Waals surface area contributed by atoms with Crippen molar-refractivity contribution >= 4 is 5.91 Å². The van der Waals surface area contributed by atoms with Crippen molar-refractivity contribution in [2.24, 2.45) is 0 Å². The lowest BCUT2D eigenvalue weighted by Gasteiger charge is -2.13. The molecule has 14 heavy (non-hydrogen) atoms. The lowest BCUT2D eigenvalue weighted by molar-refractivity contribution is -0.0757. The molecule has 0 heterocycles. The summed E-state index contributed by atoms with van der Waals surface area (Å²) in [5.41, 5.74) is 1.31. The van der Waals surface area contributed by atoms with Crippen molar-refractivity contribution in [1.29, 1.82) is 0 Å². The van der Waals surface area contributed by atoms with Gasteiger partial charge in [-0.05, 0) is 17.7 Å². The molecule has 0 radical (unpaired) electrons. The first-order chi connectivity index (χ1) is 6.69. The van der Waals surface area contributed by atoms with E-state index < -0.39 is 0 Å². The van der Waals surface area contributed by atoms with Crippen molar-refractivity contribution in [1.82, 2.24) is 5.06 Å². The molecule has 76 valence electrons. The van der Waals surface area contributed by atoms with E-state index in [1.807, 2.05) is 0 Å². The van der Waals surface area contributed by atoms with Crippen LogP contribution in [0.5, 0.6) is 0 Å². The molecule has 0 aliphatic carbocycles. The molecule has 1 amide bonds. The first-order valence-corrected chi connectivity index (χ1v) is 4.21. The quantitative estimate of drug-likeness (QED) is 0.726. The van der Waals surface area contributed by atoms with E-state index in [-0.39, 0.29) is 12.5 Å². The fourth-order valence-electron chi connectivity index (χ4n) is 1.02. The van der Waals surface area contributed by atoms with E-state index >= 15 is 0 Å². The Balaban J connectivity index is 2.81. The van der Waals surface area contributed by atoms with Crippen molar-refractivity contribution in [3.8, 4) is 0 Å². The van der Waals surface area contributed by atoms with E-state index in [1.54, 1.807) is 31.3 Å². The summed E-state index contributed by atoms with van der Waals surface area (Å²) >= 11 is 0. The molecule has 4 heteroatoms. The first-order valence-electron chi connectivity index (χ1n) is 4.21. The highest BCUT2D eigenvalue weighted by Crippen LogP contribution is 2.06. The van der Waals surface area contributed by atoms with Crippen molar-refractivity contribution in [2.45, 2.75) is 6.61 Å². The Bertz CT molecular complexity index is 308. The van der Waals surface area contributed by atoms with Gasteiger partial charge < -0.3 is 5.11 Å². The fourth-order valence-corrected chi connectivity index (χ4v) is 1.02. The van der Waals surface area contributed by atoms with E-state index in [2.05, 4.69) is 0 Å². The van der Waals surface area contributed by atoms with Crippen LogP contribution in [0.1, 0.15) is 15.9 Å². The van der Waals surface area contributed by atoms with Gasteiger partial charge in [0.25, 0.3) is 5.91 Å². The normalized spacial score (nSPS) is 9.93. The molecule has 1 N–H and O–H groups in total. The van der Waals surface area contributed by atoms with Crippen LogP contribution >= 0.6 is 0 Å². The van der Waals surface area contributed by atoms with E-state index in [1.165, 1.54) is 7.11 Å². The van der Waals surface area contributed by atoms with Crippen LogP contribution in [-0.2, 0) is 11.4 Å². The van der Waals surface area contributed by atoms with Crippen LogP contribution in [0.4, 0.5) is 0 Å². The Morgan fingerprint density at radius 3 is 2.43 bits per heavy atom. The maximum Gasteiger partial charge on any atom is 0.277 e. The molecule has 0 aliphatic rings. The second-order valence-electron chi connectivity index (χ2n) is 2.84. The number of aliphatic hydroxyl groups excluding tert-OH is 1. The van der Waals surface area contributed by atoms with Gasteiger partial charge in [0, 0.05) is 12.6 Å². The molecule has 0 unspecified atom stereocenters. The van der Waals surface area contributed by atoms with Crippen LogP contribution in [0.3, 0.4) is 0 Å². The average Bonchev–Trinajstić information content (AvgIpc) is 2.27. The third-order valence-electron chi connectivity index (χ3n) is 1.94. The zero-order valence-corrected chi connectivity index (χ0v) is 8.23. The third-order valence-corrected chi connectivity index (χ3v) is 1.94. The first kappa shape index (κ1) is 10.7. The molecule has 0 spiro atoms. The van der Waals surface area contributed by atoms with E-state index in [9.17, 15) is 4.79 Å². The molecule has 4 nitrogen and oxygen atoms in total. The molecule has 1 aromatic rings. The van der Waals surface area contributed by atoms with Gasteiger partial charge in [-0.2, -0.15) is 0 Å². The maximum absolute atomic E-state index is 11.5. The summed E-state index contributed by atoms with van der Waals surface area (Å²) in [6.45, 7) is -0.0193. The number of carbonyl (C=O) groups excluding carboxylic acids is 1. The molecule has 0 bridgehead atoms. The van der Waals surface area contributed by atoms with E-state index in [4.69, 9.17) is 9.94 Å². The van der Waals surface area contributed by atoms with Gasteiger partial charge in [0.05, 0.1) is 13.7 Å². The lowest BCUT2D eigenvalue weighted by atomic mass is 10.1. The highest BCUT2D eigenvalue weighted by molar-refractivity contribution is 5.93. The van der Waals surface area contributed by atoms with Gasteiger partial charge in [0.15, 0.2) is 0 Å². The highest BCUT2D eigenvalue weighted by atomic mass is 16.7. The Morgan fingerprint density at radius 2 is 2.00 bits per heavy atom. The number of benzene rings is 1. The zero-order valence-electron chi connectivity index (χ0n) is 8.23. The van der Waals surface area contributed by atoms with Gasteiger partial charge in [-0.15, -0.1) is 0 Å². The number of aliphatic hydroxyl groups is 1. The van der Waals surface area contributed by atoms with Gasteiger partial charge in [0.2, 0.25) is 0 Å². The monoisotopic (exact) mass is 195 g/mol. The van der Waals surface area contributed by atoms with E-state index in [0.717, 1.165) is 10.6 Å². The molecular formula is C10H13NO3. The molecule has 0 aromatic heterocycles. The number of hydrogen-bond acceptors (Lipinski definition) is 3. The smallest absolute Gasteiger partial charge is 0.277 e. The van der Waals surface area contributed by atoms with Crippen LogP contribution in [0.2, 0.25) is 0 Å². The minimum atomic E-state index is -0.211. The summed E-state index contributed by atoms with van der Waals surface area (Å²) in [7, 11) is 2.97. The molecule has 0 fully saturated rings. The third kappa shape index (κ3) is 2.31. The number of rotatable bonds is 3.